The summed E-state index contributed by atoms with van der Waals surface area (Å²) in [6, 6.07) is 19.5. The minimum atomic E-state index is -1.17. The number of rotatable bonds is 6. The van der Waals surface area contributed by atoms with E-state index in [9.17, 15) is 18.4 Å². The summed E-state index contributed by atoms with van der Waals surface area (Å²) in [6.07, 6.45) is 0.340. The molecule has 1 spiro atoms. The van der Waals surface area contributed by atoms with Crippen LogP contribution in [0.4, 0.5) is 14.5 Å². The van der Waals surface area contributed by atoms with Gasteiger partial charge in [0.2, 0.25) is 5.91 Å². The summed E-state index contributed by atoms with van der Waals surface area (Å²) in [4.78, 5) is 29.9. The van der Waals surface area contributed by atoms with Gasteiger partial charge in [-0.3, -0.25) is 14.5 Å². The molecule has 180 valence electrons. The van der Waals surface area contributed by atoms with E-state index >= 15 is 0 Å². The monoisotopic (exact) mass is 496 g/mol. The second kappa shape index (κ2) is 9.40. The van der Waals surface area contributed by atoms with Gasteiger partial charge < -0.3 is 9.64 Å². The van der Waals surface area contributed by atoms with Crippen LogP contribution in [0, 0.1) is 11.6 Å². The Morgan fingerprint density at radius 2 is 1.66 bits per heavy atom. The molecule has 2 amide bonds. The van der Waals surface area contributed by atoms with Crippen molar-refractivity contribution in [2.75, 3.05) is 11.4 Å². The first kappa shape index (κ1) is 23.5. The number of benzene rings is 3. The van der Waals surface area contributed by atoms with E-state index in [0.29, 0.717) is 12.2 Å². The van der Waals surface area contributed by atoms with Crippen molar-refractivity contribution in [1.29, 1.82) is 0 Å². The number of carbonyl (C=O) groups excluding carboxylic acids is 2. The second-order valence-corrected chi connectivity index (χ2v) is 9.39. The molecular weight excluding hydrogens is 474 g/mol. The van der Waals surface area contributed by atoms with Crippen molar-refractivity contribution in [1.82, 2.24) is 4.90 Å². The number of halogens is 3. The third-order valence-electron chi connectivity index (χ3n) is 6.67. The molecule has 8 heteroatoms. The van der Waals surface area contributed by atoms with Crippen molar-refractivity contribution < 1.29 is 23.1 Å². The molecular formula is C27H23ClF2N2O3. The molecule has 0 N–H and O–H groups in total. The number of hydrogen-bond donors (Lipinski definition) is 0. The number of amides is 2. The van der Waals surface area contributed by atoms with Crippen LogP contribution in [-0.4, -0.2) is 34.9 Å². The normalized spacial score (nSPS) is 22.0. The van der Waals surface area contributed by atoms with Crippen molar-refractivity contribution in [3.05, 3.63) is 101 Å². The highest BCUT2D eigenvalue weighted by atomic mass is 35.5. The Labute approximate surface area is 206 Å². The molecule has 2 fully saturated rings. The third-order valence-corrected chi connectivity index (χ3v) is 6.90. The SMILES string of the molecule is O=C1CN(c2ccc(Cl)cc2F)C(=O)C2(CC(OCc3ccccc3)C2)N1Cc1ccc(F)cc1. The molecule has 1 aliphatic heterocycles. The molecule has 5 rings (SSSR count). The fourth-order valence-electron chi connectivity index (χ4n) is 4.80. The lowest BCUT2D eigenvalue weighted by atomic mass is 9.70. The first-order valence-corrected chi connectivity index (χ1v) is 11.7. The Morgan fingerprint density at radius 3 is 2.34 bits per heavy atom. The predicted octanol–water partition coefficient (Wildman–Crippen LogP) is 5.11. The predicted molar refractivity (Wildman–Crippen MR) is 128 cm³/mol. The zero-order valence-electron chi connectivity index (χ0n) is 18.8. The van der Waals surface area contributed by atoms with E-state index in [4.69, 9.17) is 16.3 Å². The Morgan fingerprint density at radius 1 is 0.943 bits per heavy atom. The molecule has 35 heavy (non-hydrogen) atoms. The average Bonchev–Trinajstić information content (AvgIpc) is 2.82. The highest BCUT2D eigenvalue weighted by Crippen LogP contribution is 2.45. The van der Waals surface area contributed by atoms with Crippen molar-refractivity contribution in [2.45, 2.75) is 37.6 Å². The molecule has 1 heterocycles. The van der Waals surface area contributed by atoms with Gasteiger partial charge in [0.05, 0.1) is 18.4 Å². The van der Waals surface area contributed by atoms with Gasteiger partial charge in [-0.15, -0.1) is 0 Å². The van der Waals surface area contributed by atoms with E-state index in [1.165, 1.54) is 34.1 Å². The molecule has 0 atom stereocenters. The molecule has 1 aliphatic carbocycles. The molecule has 0 bridgehead atoms. The van der Waals surface area contributed by atoms with Crippen molar-refractivity contribution in [3.8, 4) is 0 Å². The summed E-state index contributed by atoms with van der Waals surface area (Å²) in [7, 11) is 0. The summed E-state index contributed by atoms with van der Waals surface area (Å²) < 4.78 is 34.1. The molecule has 1 saturated heterocycles. The van der Waals surface area contributed by atoms with Crippen LogP contribution in [0.3, 0.4) is 0 Å². The van der Waals surface area contributed by atoms with Gasteiger partial charge in [0.25, 0.3) is 5.91 Å². The average molecular weight is 497 g/mol. The maximum absolute atomic E-state index is 14.7. The quantitative estimate of drug-likeness (QED) is 0.476. The third kappa shape index (κ3) is 4.54. The Hall–Kier alpha value is -3.29. The Bertz CT molecular complexity index is 1250. The minimum absolute atomic E-state index is 0.0159. The van der Waals surface area contributed by atoms with Crippen LogP contribution in [0.25, 0.3) is 0 Å². The number of carbonyl (C=O) groups is 2. The lowest BCUT2D eigenvalue weighted by molar-refractivity contribution is -0.172. The summed E-state index contributed by atoms with van der Waals surface area (Å²) in [5.41, 5.74) is 0.554. The summed E-state index contributed by atoms with van der Waals surface area (Å²) in [6.45, 7) is 0.236. The molecule has 0 unspecified atom stereocenters. The maximum atomic E-state index is 14.7. The van der Waals surface area contributed by atoms with Gasteiger partial charge in [0.15, 0.2) is 0 Å². The summed E-state index contributed by atoms with van der Waals surface area (Å²) in [5, 5.41) is 0.202. The van der Waals surface area contributed by atoms with Gasteiger partial charge in [-0.05, 0) is 41.5 Å². The van der Waals surface area contributed by atoms with Gasteiger partial charge in [-0.1, -0.05) is 54.1 Å². The summed E-state index contributed by atoms with van der Waals surface area (Å²) >= 11 is 5.88. The van der Waals surface area contributed by atoms with Gasteiger partial charge in [0, 0.05) is 24.4 Å². The first-order chi connectivity index (χ1) is 16.9. The molecule has 3 aromatic rings. The number of nitrogens with zero attached hydrogens (tertiary/aromatic N) is 2. The highest BCUT2D eigenvalue weighted by Gasteiger charge is 2.60. The first-order valence-electron chi connectivity index (χ1n) is 11.3. The van der Waals surface area contributed by atoms with E-state index < -0.39 is 11.4 Å². The Balaban J connectivity index is 1.41. The minimum Gasteiger partial charge on any atom is -0.373 e. The highest BCUT2D eigenvalue weighted by molar-refractivity contribution is 6.30. The van der Waals surface area contributed by atoms with Gasteiger partial charge in [0.1, 0.15) is 23.7 Å². The second-order valence-electron chi connectivity index (χ2n) is 8.95. The Kier molecular flexibility index (Phi) is 6.30. The lowest BCUT2D eigenvalue weighted by Crippen LogP contribution is -2.74. The smallest absolute Gasteiger partial charge is 0.253 e. The van der Waals surface area contributed by atoms with E-state index in [0.717, 1.165) is 11.6 Å². The van der Waals surface area contributed by atoms with Crippen LogP contribution >= 0.6 is 11.6 Å². The number of anilines is 1. The van der Waals surface area contributed by atoms with E-state index in [1.54, 1.807) is 12.1 Å². The van der Waals surface area contributed by atoms with Crippen LogP contribution in [0.15, 0.2) is 72.8 Å². The van der Waals surface area contributed by atoms with Crippen LogP contribution in [0.1, 0.15) is 24.0 Å². The van der Waals surface area contributed by atoms with Gasteiger partial charge in [-0.2, -0.15) is 0 Å². The fraction of sp³-hybridized carbons (Fsp3) is 0.259. The zero-order chi connectivity index (χ0) is 24.6. The standard InChI is InChI=1S/C27H23ClF2N2O3/c28-20-8-11-24(23(30)12-20)31-16-25(33)32(15-18-6-9-21(29)10-7-18)27(26(31)34)13-22(14-27)35-17-19-4-2-1-3-5-19/h1-12,22H,13-17H2. The van der Waals surface area contributed by atoms with Crippen molar-refractivity contribution in [3.63, 3.8) is 0 Å². The van der Waals surface area contributed by atoms with Crippen LogP contribution in [-0.2, 0) is 27.5 Å². The summed E-state index contributed by atoms with van der Waals surface area (Å²) in [5.74, 6) is -1.73. The van der Waals surface area contributed by atoms with Gasteiger partial charge in [-0.25, -0.2) is 8.78 Å². The van der Waals surface area contributed by atoms with Crippen LogP contribution in [0.2, 0.25) is 5.02 Å². The van der Waals surface area contributed by atoms with Gasteiger partial charge >= 0.3 is 0 Å². The van der Waals surface area contributed by atoms with E-state index in [-0.39, 0.29) is 60.4 Å². The molecule has 2 aliphatic rings. The number of piperazine rings is 1. The molecule has 1 saturated carbocycles. The molecule has 0 aromatic heterocycles. The fourth-order valence-corrected chi connectivity index (χ4v) is 4.96. The largest absolute Gasteiger partial charge is 0.373 e. The topological polar surface area (TPSA) is 49.9 Å². The van der Waals surface area contributed by atoms with Crippen LogP contribution in [0.5, 0.6) is 0 Å². The van der Waals surface area contributed by atoms with E-state index in [1.807, 2.05) is 30.3 Å². The number of ether oxygens (including phenoxy) is 1. The van der Waals surface area contributed by atoms with Crippen molar-refractivity contribution in [2.24, 2.45) is 0 Å². The number of hydrogen-bond acceptors (Lipinski definition) is 3. The molecule has 5 nitrogen and oxygen atoms in total. The van der Waals surface area contributed by atoms with Crippen LogP contribution < -0.4 is 4.90 Å². The zero-order valence-corrected chi connectivity index (χ0v) is 19.6. The maximum Gasteiger partial charge on any atom is 0.253 e. The molecule has 3 aromatic carbocycles. The lowest BCUT2D eigenvalue weighted by Gasteiger charge is -2.56. The van der Waals surface area contributed by atoms with E-state index in [2.05, 4.69) is 0 Å². The molecule has 0 radical (unpaired) electrons. The van der Waals surface area contributed by atoms with Crippen molar-refractivity contribution >= 4 is 29.1 Å².